The number of carbonyl (C=O) groups is 1. The second-order valence-electron chi connectivity index (χ2n) is 4.68. The zero-order chi connectivity index (χ0) is 17.0. The predicted molar refractivity (Wildman–Crippen MR) is 84.8 cm³/mol. The topological polar surface area (TPSA) is 42.0 Å². The molecule has 0 radical (unpaired) electrons. The van der Waals surface area contributed by atoms with Gasteiger partial charge in [-0.3, -0.25) is 4.79 Å². The first-order chi connectivity index (χ1) is 10.8. The maximum atomic E-state index is 12.4. The van der Waals surface area contributed by atoms with E-state index in [4.69, 9.17) is 11.6 Å². The third-order valence-electron chi connectivity index (χ3n) is 2.87. The second-order valence-corrected chi connectivity index (χ2v) is 6.09. The summed E-state index contributed by atoms with van der Waals surface area (Å²) < 4.78 is 37.2. The molecule has 0 aliphatic carbocycles. The highest BCUT2D eigenvalue weighted by Crippen LogP contribution is 2.29. The lowest BCUT2D eigenvalue weighted by Gasteiger charge is -2.08. The van der Waals surface area contributed by atoms with Crippen molar-refractivity contribution in [3.63, 3.8) is 0 Å². The van der Waals surface area contributed by atoms with E-state index in [0.717, 1.165) is 29.6 Å². The van der Waals surface area contributed by atoms with Gasteiger partial charge in [-0.1, -0.05) is 29.4 Å². The Bertz CT molecular complexity index is 705. The monoisotopic (exact) mass is 360 g/mol. The molecule has 0 saturated heterocycles. The van der Waals surface area contributed by atoms with Crippen LogP contribution in [0.15, 0.2) is 41.6 Å². The fourth-order valence-corrected chi connectivity index (χ4v) is 2.46. The molecule has 0 aliphatic rings. The van der Waals surface area contributed by atoms with Gasteiger partial charge in [0.15, 0.2) is 0 Å². The molecular formula is C15H12ClF3N2OS. The van der Waals surface area contributed by atoms with E-state index < -0.39 is 11.7 Å². The Balaban J connectivity index is 1.90. The minimum atomic E-state index is -4.42. The number of aromatic nitrogens is 1. The van der Waals surface area contributed by atoms with Crippen molar-refractivity contribution in [3.05, 3.63) is 52.7 Å². The van der Waals surface area contributed by atoms with Gasteiger partial charge >= 0.3 is 6.18 Å². The van der Waals surface area contributed by atoms with Gasteiger partial charge in [0, 0.05) is 16.9 Å². The van der Waals surface area contributed by atoms with Gasteiger partial charge in [-0.15, -0.1) is 0 Å². The molecule has 23 heavy (non-hydrogen) atoms. The minimum absolute atomic E-state index is 0.0316. The lowest BCUT2D eigenvalue weighted by Crippen LogP contribution is -2.14. The molecule has 0 fully saturated rings. The number of thioether (sulfide) groups is 1. The van der Waals surface area contributed by atoms with Crippen LogP contribution in [0.25, 0.3) is 0 Å². The number of carbonyl (C=O) groups excluding carboxylic acids is 1. The summed E-state index contributed by atoms with van der Waals surface area (Å²) in [6.45, 7) is 1.85. The fourth-order valence-electron chi connectivity index (χ4n) is 1.64. The third kappa shape index (κ3) is 5.14. The highest BCUT2D eigenvalue weighted by Gasteiger charge is 2.30. The molecule has 1 aromatic heterocycles. The van der Waals surface area contributed by atoms with Crippen LogP contribution in [0, 0.1) is 6.92 Å². The number of rotatable bonds is 4. The average molecular weight is 361 g/mol. The van der Waals surface area contributed by atoms with Crippen molar-refractivity contribution < 1.29 is 18.0 Å². The molecule has 0 bridgehead atoms. The van der Waals surface area contributed by atoms with Crippen molar-refractivity contribution in [2.24, 2.45) is 0 Å². The minimum Gasteiger partial charge on any atom is -0.325 e. The first kappa shape index (κ1) is 17.6. The van der Waals surface area contributed by atoms with Crippen LogP contribution in [-0.2, 0) is 11.0 Å². The number of benzene rings is 1. The molecule has 0 saturated carbocycles. The number of nitrogens with one attached hydrogen (secondary N) is 1. The first-order valence-corrected chi connectivity index (χ1v) is 7.84. The Kier molecular flexibility index (Phi) is 5.54. The smallest absolute Gasteiger partial charge is 0.325 e. The molecule has 0 aliphatic heterocycles. The number of anilines is 1. The number of hydrogen-bond donors (Lipinski definition) is 1. The number of amides is 1. The molecule has 3 nitrogen and oxygen atoms in total. The van der Waals surface area contributed by atoms with E-state index >= 15 is 0 Å². The molecule has 1 amide bonds. The quantitative estimate of drug-likeness (QED) is 0.797. The number of pyridine rings is 1. The van der Waals surface area contributed by atoms with Crippen molar-refractivity contribution in [2.45, 2.75) is 18.1 Å². The maximum Gasteiger partial charge on any atom is 0.417 e. The van der Waals surface area contributed by atoms with E-state index in [1.807, 2.05) is 6.92 Å². The number of hydrogen-bond acceptors (Lipinski definition) is 3. The first-order valence-electron chi connectivity index (χ1n) is 6.48. The summed E-state index contributed by atoms with van der Waals surface area (Å²) in [5.74, 6) is -0.263. The van der Waals surface area contributed by atoms with Gasteiger partial charge in [0.25, 0.3) is 0 Å². The molecular weight excluding hydrogens is 349 g/mol. The summed E-state index contributed by atoms with van der Waals surface area (Å²) in [5.41, 5.74) is 0.639. The molecule has 2 rings (SSSR count). The molecule has 0 spiro atoms. The highest BCUT2D eigenvalue weighted by molar-refractivity contribution is 7.99. The Morgan fingerprint density at radius 1 is 1.30 bits per heavy atom. The molecule has 1 N–H and O–H groups in total. The zero-order valence-corrected chi connectivity index (χ0v) is 13.5. The van der Waals surface area contributed by atoms with Crippen LogP contribution in [0.1, 0.15) is 11.1 Å². The molecule has 122 valence electrons. The molecule has 1 heterocycles. The SMILES string of the molecule is Cc1ccc(NC(=O)CSc2ccc(C(F)(F)F)cn2)cc1Cl. The lowest BCUT2D eigenvalue weighted by molar-refractivity contribution is -0.137. The van der Waals surface area contributed by atoms with Gasteiger partial charge in [0.2, 0.25) is 5.91 Å². The lowest BCUT2D eigenvalue weighted by atomic mass is 10.2. The number of alkyl halides is 3. The van der Waals surface area contributed by atoms with Gasteiger partial charge in [-0.05, 0) is 36.8 Å². The Morgan fingerprint density at radius 3 is 2.61 bits per heavy atom. The van der Waals surface area contributed by atoms with Gasteiger partial charge < -0.3 is 5.32 Å². The van der Waals surface area contributed by atoms with Crippen LogP contribution in [0.5, 0.6) is 0 Å². The average Bonchev–Trinajstić information content (AvgIpc) is 2.48. The van der Waals surface area contributed by atoms with E-state index in [-0.39, 0.29) is 11.7 Å². The summed E-state index contributed by atoms with van der Waals surface area (Å²) >= 11 is 7.01. The summed E-state index contributed by atoms with van der Waals surface area (Å²) in [6, 6.07) is 7.31. The van der Waals surface area contributed by atoms with E-state index in [1.165, 1.54) is 6.07 Å². The maximum absolute atomic E-state index is 12.4. The normalized spacial score (nSPS) is 11.3. The number of nitrogens with zero attached hydrogens (tertiary/aromatic N) is 1. The Morgan fingerprint density at radius 2 is 2.04 bits per heavy atom. The van der Waals surface area contributed by atoms with Gasteiger partial charge in [-0.2, -0.15) is 13.2 Å². The van der Waals surface area contributed by atoms with E-state index in [1.54, 1.807) is 18.2 Å². The number of aryl methyl sites for hydroxylation is 1. The van der Waals surface area contributed by atoms with Gasteiger partial charge in [0.1, 0.15) is 0 Å². The largest absolute Gasteiger partial charge is 0.417 e. The standard InChI is InChI=1S/C15H12ClF3N2OS/c1-9-2-4-11(6-12(9)16)21-13(22)8-23-14-5-3-10(7-20-14)15(17,18)19/h2-7H,8H2,1H3,(H,21,22). The van der Waals surface area contributed by atoms with E-state index in [2.05, 4.69) is 10.3 Å². The zero-order valence-electron chi connectivity index (χ0n) is 11.9. The van der Waals surface area contributed by atoms with Crippen LogP contribution < -0.4 is 5.32 Å². The van der Waals surface area contributed by atoms with E-state index in [0.29, 0.717) is 15.7 Å². The molecule has 1 aromatic carbocycles. The van der Waals surface area contributed by atoms with E-state index in [9.17, 15) is 18.0 Å². The fraction of sp³-hybridized carbons (Fsp3) is 0.200. The summed E-state index contributed by atoms with van der Waals surface area (Å²) in [4.78, 5) is 15.5. The Labute approximate surface area is 140 Å². The molecule has 2 aromatic rings. The third-order valence-corrected chi connectivity index (χ3v) is 4.22. The van der Waals surface area contributed by atoms with Gasteiger partial charge in [0.05, 0.1) is 16.3 Å². The molecule has 0 atom stereocenters. The molecule has 0 unspecified atom stereocenters. The van der Waals surface area contributed by atoms with Crippen LogP contribution in [0.3, 0.4) is 0 Å². The van der Waals surface area contributed by atoms with Gasteiger partial charge in [-0.25, -0.2) is 4.98 Å². The van der Waals surface area contributed by atoms with Crippen molar-refractivity contribution in [1.29, 1.82) is 0 Å². The van der Waals surface area contributed by atoms with Crippen molar-refractivity contribution in [3.8, 4) is 0 Å². The van der Waals surface area contributed by atoms with Crippen LogP contribution in [0.2, 0.25) is 5.02 Å². The second kappa shape index (κ2) is 7.23. The number of halogens is 4. The summed E-state index contributed by atoms with van der Waals surface area (Å²) in [6.07, 6.45) is -3.67. The highest BCUT2D eigenvalue weighted by atomic mass is 35.5. The summed E-state index contributed by atoms with van der Waals surface area (Å²) in [7, 11) is 0. The molecule has 8 heteroatoms. The van der Waals surface area contributed by atoms with Crippen molar-refractivity contribution in [2.75, 3.05) is 11.1 Å². The van der Waals surface area contributed by atoms with Crippen LogP contribution >= 0.6 is 23.4 Å². The predicted octanol–water partition coefficient (Wildman–Crippen LogP) is 4.79. The Hall–Kier alpha value is -1.73. The summed E-state index contributed by atoms with van der Waals surface area (Å²) in [5, 5.41) is 3.55. The van der Waals surface area contributed by atoms with Crippen LogP contribution in [0.4, 0.5) is 18.9 Å². The van der Waals surface area contributed by atoms with Crippen molar-refractivity contribution >= 4 is 35.0 Å². The van der Waals surface area contributed by atoms with Crippen LogP contribution in [-0.4, -0.2) is 16.6 Å². The van der Waals surface area contributed by atoms with Crippen molar-refractivity contribution in [1.82, 2.24) is 4.98 Å².